The predicted octanol–water partition coefficient (Wildman–Crippen LogP) is -0.346. The summed E-state index contributed by atoms with van der Waals surface area (Å²) in [7, 11) is -4.03. The van der Waals surface area contributed by atoms with Crippen LogP contribution >= 0.6 is 11.3 Å². The second-order valence-corrected chi connectivity index (χ2v) is 8.19. The minimum absolute atomic E-state index is 0.164. The van der Waals surface area contributed by atoms with Gasteiger partial charge >= 0.3 is 5.97 Å². The number of carboxylic acids is 1. The number of sulfonamides is 1. The van der Waals surface area contributed by atoms with E-state index in [0.717, 1.165) is 11.3 Å². The fourth-order valence-electron chi connectivity index (χ4n) is 2.46. The molecule has 0 bridgehead atoms. The molecule has 0 atom stereocenters. The molecule has 0 fully saturated rings. The summed E-state index contributed by atoms with van der Waals surface area (Å²) in [4.78, 5) is 29.7. The summed E-state index contributed by atoms with van der Waals surface area (Å²) in [6.45, 7) is 0.852. The highest BCUT2D eigenvalue weighted by atomic mass is 32.2. The Morgan fingerprint density at radius 3 is 2.96 bits per heavy atom. The molecule has 0 spiro atoms. The van der Waals surface area contributed by atoms with Gasteiger partial charge in [-0.3, -0.25) is 4.79 Å². The standard InChI is InChI=1S/C13H14N4O5S2/c18-10-3-7(15-6-16-10)4-17-24(21,22)13-11(12(19)20)8-1-2-14-5-9(8)23-13/h3,6,14,17H,1-2,4-5H2,(H,19,20)(H,15,16,18). The third-order valence-corrected chi connectivity index (χ3v) is 6.68. The van der Waals surface area contributed by atoms with E-state index >= 15 is 0 Å². The van der Waals surface area contributed by atoms with Crippen molar-refractivity contribution in [3.8, 4) is 0 Å². The molecule has 2 aromatic rings. The van der Waals surface area contributed by atoms with E-state index in [1.165, 1.54) is 12.4 Å². The quantitative estimate of drug-likeness (QED) is 0.564. The molecule has 128 valence electrons. The van der Waals surface area contributed by atoms with Crippen LogP contribution in [0, 0.1) is 0 Å². The molecule has 3 heterocycles. The van der Waals surface area contributed by atoms with Crippen molar-refractivity contribution in [1.82, 2.24) is 20.0 Å². The zero-order chi connectivity index (χ0) is 17.3. The summed E-state index contributed by atoms with van der Waals surface area (Å²) < 4.78 is 27.2. The number of aromatic carboxylic acids is 1. The summed E-state index contributed by atoms with van der Waals surface area (Å²) >= 11 is 0.953. The SMILES string of the molecule is O=C(O)c1c(S(=O)(=O)NCc2cc(=O)[nH]cn2)sc2c1CCNC2. The summed E-state index contributed by atoms with van der Waals surface area (Å²) in [5, 5.41) is 12.5. The number of thiophene rings is 1. The predicted molar refractivity (Wildman–Crippen MR) is 85.6 cm³/mol. The molecular weight excluding hydrogens is 356 g/mol. The van der Waals surface area contributed by atoms with Gasteiger partial charge in [0.2, 0.25) is 0 Å². The number of rotatable bonds is 5. The van der Waals surface area contributed by atoms with Crippen LogP contribution in [0.2, 0.25) is 0 Å². The summed E-state index contributed by atoms with van der Waals surface area (Å²) in [6.07, 6.45) is 1.64. The molecule has 2 aromatic heterocycles. The van der Waals surface area contributed by atoms with Crippen molar-refractivity contribution in [3.63, 3.8) is 0 Å². The van der Waals surface area contributed by atoms with Crippen molar-refractivity contribution in [2.75, 3.05) is 6.54 Å². The van der Waals surface area contributed by atoms with E-state index in [2.05, 4.69) is 20.0 Å². The topological polar surface area (TPSA) is 141 Å². The number of carboxylic acid groups (broad SMARTS) is 1. The summed E-state index contributed by atoms with van der Waals surface area (Å²) in [5.74, 6) is -1.26. The molecule has 0 aliphatic carbocycles. The van der Waals surface area contributed by atoms with Crippen molar-refractivity contribution in [1.29, 1.82) is 0 Å². The normalized spacial score (nSPS) is 14.3. The number of aromatic nitrogens is 2. The average Bonchev–Trinajstić information content (AvgIpc) is 2.94. The van der Waals surface area contributed by atoms with Crippen molar-refractivity contribution in [2.45, 2.75) is 23.7 Å². The Morgan fingerprint density at radius 1 is 1.46 bits per heavy atom. The first kappa shape index (κ1) is 16.8. The molecule has 0 amide bonds. The monoisotopic (exact) mass is 370 g/mol. The molecule has 0 saturated heterocycles. The Kier molecular flexibility index (Phi) is 4.49. The van der Waals surface area contributed by atoms with Gasteiger partial charge in [-0.15, -0.1) is 11.3 Å². The number of nitrogens with one attached hydrogen (secondary N) is 3. The van der Waals surface area contributed by atoms with Crippen LogP contribution in [0.4, 0.5) is 0 Å². The van der Waals surface area contributed by atoms with E-state index in [0.29, 0.717) is 30.0 Å². The van der Waals surface area contributed by atoms with Crippen molar-refractivity contribution in [3.05, 3.63) is 44.4 Å². The smallest absolute Gasteiger partial charge is 0.338 e. The Labute approximate surface area is 140 Å². The first-order valence-electron chi connectivity index (χ1n) is 7.00. The largest absolute Gasteiger partial charge is 0.478 e. The number of fused-ring (bicyclic) bond motifs is 1. The van der Waals surface area contributed by atoms with Crippen LogP contribution in [0.5, 0.6) is 0 Å². The van der Waals surface area contributed by atoms with Gasteiger partial charge in [0.25, 0.3) is 15.6 Å². The highest BCUT2D eigenvalue weighted by Crippen LogP contribution is 2.34. The minimum Gasteiger partial charge on any atom is -0.478 e. The molecule has 1 aliphatic rings. The van der Waals surface area contributed by atoms with Gasteiger partial charge in [0.15, 0.2) is 0 Å². The Balaban J connectivity index is 1.93. The third kappa shape index (κ3) is 3.24. The molecule has 0 unspecified atom stereocenters. The van der Waals surface area contributed by atoms with Crippen LogP contribution in [0.3, 0.4) is 0 Å². The van der Waals surface area contributed by atoms with Crippen molar-refractivity contribution < 1.29 is 18.3 Å². The van der Waals surface area contributed by atoms with Crippen LogP contribution in [0.15, 0.2) is 21.4 Å². The van der Waals surface area contributed by atoms with E-state index in [1.54, 1.807) is 0 Å². The maximum Gasteiger partial charge on any atom is 0.338 e. The van der Waals surface area contributed by atoms with Gasteiger partial charge in [-0.1, -0.05) is 0 Å². The second-order valence-electron chi connectivity index (χ2n) is 5.13. The maximum absolute atomic E-state index is 12.5. The van der Waals surface area contributed by atoms with Crippen LogP contribution in [-0.4, -0.2) is 36.0 Å². The van der Waals surface area contributed by atoms with E-state index in [9.17, 15) is 23.1 Å². The van der Waals surface area contributed by atoms with Crippen LogP contribution < -0.4 is 15.6 Å². The molecule has 0 radical (unpaired) electrons. The third-order valence-electron chi connectivity index (χ3n) is 3.53. The average molecular weight is 370 g/mol. The molecule has 11 heteroatoms. The zero-order valence-electron chi connectivity index (χ0n) is 12.3. The highest BCUT2D eigenvalue weighted by molar-refractivity contribution is 7.91. The molecule has 3 rings (SSSR count). The number of hydrogen-bond acceptors (Lipinski definition) is 7. The first-order chi connectivity index (χ1) is 11.4. The summed E-state index contributed by atoms with van der Waals surface area (Å²) in [5.41, 5.74) is 0.244. The molecule has 0 aromatic carbocycles. The van der Waals surface area contributed by atoms with Gasteiger partial charge < -0.3 is 15.4 Å². The van der Waals surface area contributed by atoms with Gasteiger partial charge in [0.1, 0.15) is 4.21 Å². The number of H-pyrrole nitrogens is 1. The van der Waals surface area contributed by atoms with Crippen molar-refractivity contribution in [2.24, 2.45) is 0 Å². The minimum atomic E-state index is -4.03. The fraction of sp³-hybridized carbons (Fsp3) is 0.308. The molecular formula is C13H14N4O5S2. The van der Waals surface area contributed by atoms with Gasteiger partial charge in [0, 0.05) is 17.5 Å². The van der Waals surface area contributed by atoms with Crippen LogP contribution in [-0.2, 0) is 29.5 Å². The Bertz CT molecular complexity index is 948. The van der Waals surface area contributed by atoms with E-state index in [4.69, 9.17) is 0 Å². The lowest BCUT2D eigenvalue weighted by Crippen LogP contribution is -2.26. The molecule has 9 nitrogen and oxygen atoms in total. The van der Waals surface area contributed by atoms with Crippen LogP contribution in [0.1, 0.15) is 26.5 Å². The number of hydrogen-bond donors (Lipinski definition) is 4. The Hall–Kier alpha value is -2.08. The number of aromatic amines is 1. The van der Waals surface area contributed by atoms with Gasteiger partial charge in [-0.2, -0.15) is 0 Å². The van der Waals surface area contributed by atoms with Gasteiger partial charge in [-0.05, 0) is 18.5 Å². The number of nitrogens with zero attached hydrogens (tertiary/aromatic N) is 1. The second kappa shape index (κ2) is 6.43. The lowest BCUT2D eigenvalue weighted by Gasteiger charge is -2.12. The summed E-state index contributed by atoms with van der Waals surface area (Å²) in [6, 6.07) is 1.17. The fourth-order valence-corrected chi connectivity index (χ4v) is 5.36. The van der Waals surface area contributed by atoms with Gasteiger partial charge in [0.05, 0.1) is 24.1 Å². The molecule has 0 saturated carbocycles. The highest BCUT2D eigenvalue weighted by Gasteiger charge is 2.31. The Morgan fingerprint density at radius 2 is 2.25 bits per heavy atom. The van der Waals surface area contributed by atoms with Gasteiger partial charge in [-0.25, -0.2) is 22.9 Å². The lowest BCUT2D eigenvalue weighted by atomic mass is 10.1. The van der Waals surface area contributed by atoms with Crippen molar-refractivity contribution >= 4 is 27.3 Å². The first-order valence-corrected chi connectivity index (χ1v) is 9.30. The van der Waals surface area contributed by atoms with Crippen LogP contribution in [0.25, 0.3) is 0 Å². The lowest BCUT2D eigenvalue weighted by molar-refractivity contribution is 0.0692. The van der Waals surface area contributed by atoms with E-state index < -0.39 is 21.6 Å². The van der Waals surface area contributed by atoms with E-state index in [1.807, 2.05) is 0 Å². The molecule has 4 N–H and O–H groups in total. The molecule has 1 aliphatic heterocycles. The zero-order valence-corrected chi connectivity index (χ0v) is 14.0. The van der Waals surface area contributed by atoms with E-state index in [-0.39, 0.29) is 22.0 Å². The number of carbonyl (C=O) groups is 1. The maximum atomic E-state index is 12.5. The molecule has 24 heavy (non-hydrogen) atoms.